The molecule has 0 fully saturated rings. The second kappa shape index (κ2) is 4.90. The van der Waals surface area contributed by atoms with Crippen LogP contribution < -0.4 is 10.6 Å². The summed E-state index contributed by atoms with van der Waals surface area (Å²) in [6.07, 6.45) is 8.97. The molecule has 0 radical (unpaired) electrons. The van der Waals surface area contributed by atoms with Crippen LogP contribution in [0.4, 0.5) is 0 Å². The molecule has 1 aromatic rings. The molecule has 6 nitrogen and oxygen atoms in total. The van der Waals surface area contributed by atoms with Crippen molar-refractivity contribution in [3.05, 3.63) is 50.7 Å². The molecule has 0 amide bonds. The average Bonchev–Trinajstić information content (AvgIpc) is 2.98. The molecule has 102 valence electrons. The van der Waals surface area contributed by atoms with E-state index in [4.69, 9.17) is 10.3 Å². The van der Waals surface area contributed by atoms with Crippen LogP contribution in [-0.2, 0) is 11.3 Å². The minimum Gasteiger partial charge on any atom is -0.497 e. The zero-order valence-electron chi connectivity index (χ0n) is 11.4. The molecule has 2 aliphatic carbocycles. The monoisotopic (exact) mass is 269 g/mol. The lowest BCUT2D eigenvalue weighted by molar-refractivity contribution is 0.305. The van der Waals surface area contributed by atoms with E-state index in [1.807, 2.05) is 23.9 Å². The van der Waals surface area contributed by atoms with Gasteiger partial charge in [0.2, 0.25) is 0 Å². The fourth-order valence-electron chi connectivity index (χ4n) is 2.60. The van der Waals surface area contributed by atoms with E-state index in [1.54, 1.807) is 7.11 Å². The molecule has 3 rings (SSSR count). The van der Waals surface area contributed by atoms with Crippen LogP contribution in [0.5, 0.6) is 0 Å². The van der Waals surface area contributed by atoms with E-state index in [0.717, 1.165) is 22.7 Å². The maximum atomic E-state index is 8.47. The molecule has 20 heavy (non-hydrogen) atoms. The van der Waals surface area contributed by atoms with Gasteiger partial charge in [-0.2, -0.15) is 5.10 Å². The van der Waals surface area contributed by atoms with E-state index in [1.165, 1.54) is 11.1 Å². The highest BCUT2D eigenvalue weighted by Gasteiger charge is 2.18. The Bertz CT molecular complexity index is 777. The standard InChI is InChI=1S/C14H15N5O/c1-9(17-18-15)8-19-14-6-10-5-11(20-2)3-4-12(10)13(14)7-16-19/h3,5-7,9H,4,8H2,1-2H3. The normalized spacial score (nSPS) is 17.2. The minimum absolute atomic E-state index is 0.119. The molecule has 6 heteroatoms. The van der Waals surface area contributed by atoms with Crippen LogP contribution >= 0.6 is 0 Å². The quantitative estimate of drug-likeness (QED) is 0.470. The van der Waals surface area contributed by atoms with Crippen LogP contribution in [0.3, 0.4) is 0 Å². The van der Waals surface area contributed by atoms with Crippen molar-refractivity contribution in [1.82, 2.24) is 9.78 Å². The van der Waals surface area contributed by atoms with Gasteiger partial charge in [0.1, 0.15) is 5.76 Å². The molecule has 2 aliphatic rings. The van der Waals surface area contributed by atoms with Gasteiger partial charge in [-0.1, -0.05) is 12.0 Å². The zero-order valence-corrected chi connectivity index (χ0v) is 11.4. The zero-order chi connectivity index (χ0) is 14.1. The number of ether oxygens (including phenoxy) is 1. The van der Waals surface area contributed by atoms with Crippen LogP contribution in [0.15, 0.2) is 34.8 Å². The summed E-state index contributed by atoms with van der Waals surface area (Å²) in [7, 11) is 1.68. The van der Waals surface area contributed by atoms with Crippen molar-refractivity contribution in [3.63, 3.8) is 0 Å². The fraction of sp³-hybridized carbons (Fsp3) is 0.357. The lowest BCUT2D eigenvalue weighted by Gasteiger charge is -2.11. The van der Waals surface area contributed by atoms with Gasteiger partial charge in [-0.15, -0.1) is 0 Å². The summed E-state index contributed by atoms with van der Waals surface area (Å²) in [6.45, 7) is 2.47. The fourth-order valence-corrected chi connectivity index (χ4v) is 2.60. The van der Waals surface area contributed by atoms with E-state index in [0.29, 0.717) is 6.54 Å². The molecule has 1 heterocycles. The van der Waals surface area contributed by atoms with Crippen molar-refractivity contribution >= 4 is 11.6 Å². The van der Waals surface area contributed by atoms with Crippen molar-refractivity contribution in [2.75, 3.05) is 7.11 Å². The highest BCUT2D eigenvalue weighted by Crippen LogP contribution is 2.26. The molecule has 1 atom stereocenters. The van der Waals surface area contributed by atoms with Crippen LogP contribution in [-0.4, -0.2) is 22.9 Å². The topological polar surface area (TPSA) is 75.8 Å². The largest absolute Gasteiger partial charge is 0.497 e. The first-order valence-electron chi connectivity index (χ1n) is 6.50. The Labute approximate surface area is 116 Å². The molecular weight excluding hydrogens is 254 g/mol. The van der Waals surface area contributed by atoms with Gasteiger partial charge in [0.25, 0.3) is 0 Å². The molecule has 0 saturated carbocycles. The van der Waals surface area contributed by atoms with Gasteiger partial charge < -0.3 is 4.74 Å². The molecule has 0 aliphatic heterocycles. The van der Waals surface area contributed by atoms with Crippen LogP contribution in [0.2, 0.25) is 0 Å². The predicted octanol–water partition coefficient (Wildman–Crippen LogP) is 1.39. The number of fused-ring (bicyclic) bond motifs is 2. The number of methoxy groups -OCH3 is 1. The van der Waals surface area contributed by atoms with Gasteiger partial charge >= 0.3 is 0 Å². The van der Waals surface area contributed by atoms with Crippen molar-refractivity contribution in [2.45, 2.75) is 25.9 Å². The summed E-state index contributed by atoms with van der Waals surface area (Å²) >= 11 is 0. The molecule has 0 spiro atoms. The summed E-state index contributed by atoms with van der Waals surface area (Å²) in [5.41, 5.74) is 10.9. The van der Waals surface area contributed by atoms with Crippen molar-refractivity contribution < 1.29 is 4.74 Å². The molecule has 0 saturated heterocycles. The van der Waals surface area contributed by atoms with Gasteiger partial charge in [-0.25, -0.2) is 0 Å². The molecule has 1 aromatic heterocycles. The second-order valence-electron chi connectivity index (χ2n) is 4.92. The maximum absolute atomic E-state index is 8.47. The van der Waals surface area contributed by atoms with Crippen LogP contribution in [0.25, 0.3) is 22.1 Å². The van der Waals surface area contributed by atoms with E-state index >= 15 is 0 Å². The van der Waals surface area contributed by atoms with Crippen molar-refractivity contribution in [2.24, 2.45) is 5.11 Å². The molecular formula is C14H15N5O. The summed E-state index contributed by atoms with van der Waals surface area (Å²) in [5.74, 6) is 0.895. The molecule has 0 N–H and O–H groups in total. The third kappa shape index (κ3) is 2.00. The summed E-state index contributed by atoms with van der Waals surface area (Å²) in [4.78, 5) is 2.84. The average molecular weight is 269 g/mol. The summed E-state index contributed by atoms with van der Waals surface area (Å²) in [6, 6.07) is -0.119. The van der Waals surface area contributed by atoms with Gasteiger partial charge in [-0.05, 0) is 41.3 Å². The number of hydrogen-bond acceptors (Lipinski definition) is 3. The molecule has 0 aromatic carbocycles. The first-order valence-corrected chi connectivity index (χ1v) is 6.50. The van der Waals surface area contributed by atoms with E-state index in [2.05, 4.69) is 27.3 Å². The third-order valence-electron chi connectivity index (χ3n) is 3.57. The number of allylic oxidation sites excluding steroid dienone is 3. The van der Waals surface area contributed by atoms with Gasteiger partial charge in [0, 0.05) is 16.7 Å². The first-order chi connectivity index (χ1) is 9.72. The number of aromatic nitrogens is 2. The Morgan fingerprint density at radius 2 is 2.40 bits per heavy atom. The second-order valence-corrected chi connectivity index (χ2v) is 4.92. The van der Waals surface area contributed by atoms with E-state index in [9.17, 15) is 0 Å². The Hall–Kier alpha value is -2.46. The van der Waals surface area contributed by atoms with E-state index < -0.39 is 0 Å². The number of hydrogen-bond donors (Lipinski definition) is 0. The van der Waals surface area contributed by atoms with Gasteiger partial charge in [0.15, 0.2) is 0 Å². The highest BCUT2D eigenvalue weighted by atomic mass is 16.5. The first kappa shape index (κ1) is 12.6. The third-order valence-corrected chi connectivity index (χ3v) is 3.57. The number of azide groups is 1. The Kier molecular flexibility index (Phi) is 3.08. The van der Waals surface area contributed by atoms with Crippen molar-refractivity contribution in [3.8, 4) is 0 Å². The Balaban J connectivity index is 2.01. The van der Waals surface area contributed by atoms with Gasteiger partial charge in [0.05, 0.1) is 24.7 Å². The van der Waals surface area contributed by atoms with Gasteiger partial charge in [-0.3, -0.25) is 4.68 Å². The van der Waals surface area contributed by atoms with Crippen LogP contribution in [0, 0.1) is 0 Å². The molecule has 0 bridgehead atoms. The predicted molar refractivity (Wildman–Crippen MR) is 75.8 cm³/mol. The lowest BCUT2D eigenvalue weighted by Crippen LogP contribution is -2.30. The number of nitrogens with zero attached hydrogens (tertiary/aromatic N) is 5. The minimum atomic E-state index is -0.119. The summed E-state index contributed by atoms with van der Waals surface area (Å²) < 4.78 is 7.17. The van der Waals surface area contributed by atoms with Crippen molar-refractivity contribution in [1.29, 1.82) is 0 Å². The van der Waals surface area contributed by atoms with Crippen LogP contribution in [0.1, 0.15) is 13.3 Å². The Morgan fingerprint density at radius 1 is 1.55 bits per heavy atom. The van der Waals surface area contributed by atoms with E-state index in [-0.39, 0.29) is 6.04 Å². The lowest BCUT2D eigenvalue weighted by atomic mass is 9.99. The smallest absolute Gasteiger partial charge is 0.115 e. The summed E-state index contributed by atoms with van der Waals surface area (Å²) in [5, 5.41) is 10.3. The number of rotatable bonds is 4. The molecule has 1 unspecified atom stereocenters. The highest BCUT2D eigenvalue weighted by molar-refractivity contribution is 5.83. The maximum Gasteiger partial charge on any atom is 0.115 e. The SMILES string of the molecule is COC1=CCC2=c3cnn(CC(C)N=[N+]=[N-])c3=CC2=C1. The Morgan fingerprint density at radius 3 is 3.15 bits per heavy atom.